The van der Waals surface area contributed by atoms with Crippen LogP contribution < -0.4 is 4.31 Å². The van der Waals surface area contributed by atoms with Gasteiger partial charge in [-0.25, -0.2) is 8.42 Å². The first-order chi connectivity index (χ1) is 11.3. The SMILES string of the molecule is COC(=O)[C@@H](CS(=O)(=O)N(C)c1ccc(O)cc1)c1ccccc1. The molecule has 0 saturated heterocycles. The molecule has 0 aliphatic rings. The maximum atomic E-state index is 12.7. The Labute approximate surface area is 141 Å². The predicted molar refractivity (Wildman–Crippen MR) is 91.5 cm³/mol. The van der Waals surface area contributed by atoms with Gasteiger partial charge in [0, 0.05) is 7.05 Å². The molecule has 128 valence electrons. The van der Waals surface area contributed by atoms with Crippen LogP contribution in [0.5, 0.6) is 5.75 Å². The molecule has 0 saturated carbocycles. The Bertz CT molecular complexity index is 787. The van der Waals surface area contributed by atoms with Gasteiger partial charge in [-0.3, -0.25) is 9.10 Å². The molecule has 0 radical (unpaired) electrons. The maximum absolute atomic E-state index is 12.7. The number of phenols is 1. The molecule has 2 aromatic carbocycles. The summed E-state index contributed by atoms with van der Waals surface area (Å²) in [6.45, 7) is 0. The van der Waals surface area contributed by atoms with E-state index in [9.17, 15) is 18.3 Å². The first-order valence-corrected chi connectivity index (χ1v) is 8.84. The Morgan fingerprint density at radius 2 is 1.71 bits per heavy atom. The molecular weight excluding hydrogens is 330 g/mol. The molecule has 2 aromatic rings. The zero-order valence-electron chi connectivity index (χ0n) is 13.4. The van der Waals surface area contributed by atoms with Gasteiger partial charge in [0.05, 0.1) is 24.5 Å². The molecule has 0 aliphatic heterocycles. The summed E-state index contributed by atoms with van der Waals surface area (Å²) in [6, 6.07) is 14.4. The Balaban J connectivity index is 2.30. The van der Waals surface area contributed by atoms with Crippen LogP contribution in [0.15, 0.2) is 54.6 Å². The van der Waals surface area contributed by atoms with Crippen molar-refractivity contribution in [1.82, 2.24) is 0 Å². The van der Waals surface area contributed by atoms with Crippen molar-refractivity contribution < 1.29 is 23.1 Å². The van der Waals surface area contributed by atoms with Crippen molar-refractivity contribution >= 4 is 21.7 Å². The summed E-state index contributed by atoms with van der Waals surface area (Å²) < 4.78 is 31.2. The van der Waals surface area contributed by atoms with Gasteiger partial charge in [-0.1, -0.05) is 30.3 Å². The van der Waals surface area contributed by atoms with Crippen molar-refractivity contribution in [3.05, 3.63) is 60.2 Å². The summed E-state index contributed by atoms with van der Waals surface area (Å²) in [7, 11) is -1.14. The molecular formula is C17H19NO5S. The molecule has 0 bridgehead atoms. The number of sulfonamides is 1. The van der Waals surface area contributed by atoms with Gasteiger partial charge in [0.25, 0.3) is 0 Å². The van der Waals surface area contributed by atoms with Crippen LogP contribution in [0.3, 0.4) is 0 Å². The number of anilines is 1. The van der Waals surface area contributed by atoms with E-state index in [-0.39, 0.29) is 5.75 Å². The summed E-state index contributed by atoms with van der Waals surface area (Å²) in [6.07, 6.45) is 0. The van der Waals surface area contributed by atoms with Crippen LogP contribution in [0.2, 0.25) is 0 Å². The number of aromatic hydroxyl groups is 1. The average Bonchev–Trinajstić information content (AvgIpc) is 2.60. The fourth-order valence-electron chi connectivity index (χ4n) is 2.27. The molecule has 0 aromatic heterocycles. The zero-order valence-corrected chi connectivity index (χ0v) is 14.2. The van der Waals surface area contributed by atoms with E-state index in [0.717, 1.165) is 4.31 Å². The second kappa shape index (κ2) is 7.35. The highest BCUT2D eigenvalue weighted by molar-refractivity contribution is 7.92. The fraction of sp³-hybridized carbons (Fsp3) is 0.235. The van der Waals surface area contributed by atoms with E-state index in [4.69, 9.17) is 4.74 Å². The number of phenolic OH excluding ortho intramolecular Hbond substituents is 1. The minimum absolute atomic E-state index is 0.0428. The van der Waals surface area contributed by atoms with Crippen LogP contribution in [0.25, 0.3) is 0 Å². The third-order valence-electron chi connectivity index (χ3n) is 3.70. The lowest BCUT2D eigenvalue weighted by atomic mass is 10.0. The highest BCUT2D eigenvalue weighted by atomic mass is 32.2. The summed E-state index contributed by atoms with van der Waals surface area (Å²) in [5.74, 6) is -1.90. The van der Waals surface area contributed by atoms with Crippen molar-refractivity contribution in [1.29, 1.82) is 0 Å². The van der Waals surface area contributed by atoms with Crippen molar-refractivity contribution in [2.45, 2.75) is 5.92 Å². The third-order valence-corrected chi connectivity index (χ3v) is 5.50. The molecule has 0 unspecified atom stereocenters. The van der Waals surface area contributed by atoms with Gasteiger partial charge in [-0.05, 0) is 29.8 Å². The quantitative estimate of drug-likeness (QED) is 0.808. The Morgan fingerprint density at radius 1 is 1.12 bits per heavy atom. The van der Waals surface area contributed by atoms with Crippen molar-refractivity contribution in [3.63, 3.8) is 0 Å². The first kappa shape index (κ1) is 17.8. The molecule has 2 rings (SSSR count). The standard InChI is InChI=1S/C17H19NO5S/c1-18(14-8-10-15(19)11-9-14)24(21,22)12-16(17(20)23-2)13-6-4-3-5-7-13/h3-11,16,19H,12H2,1-2H3/t16-/m0/s1. The van der Waals surface area contributed by atoms with E-state index in [1.165, 1.54) is 38.4 Å². The number of carbonyl (C=O) groups excluding carboxylic acids is 1. The lowest BCUT2D eigenvalue weighted by Crippen LogP contribution is -2.34. The Kier molecular flexibility index (Phi) is 5.46. The van der Waals surface area contributed by atoms with E-state index < -0.39 is 27.7 Å². The lowest BCUT2D eigenvalue weighted by molar-refractivity contribution is -0.141. The number of esters is 1. The highest BCUT2D eigenvalue weighted by Gasteiger charge is 2.30. The van der Waals surface area contributed by atoms with E-state index in [1.807, 2.05) is 0 Å². The normalized spacial score (nSPS) is 12.4. The smallest absolute Gasteiger partial charge is 0.314 e. The number of benzene rings is 2. The first-order valence-electron chi connectivity index (χ1n) is 7.23. The topological polar surface area (TPSA) is 83.9 Å². The van der Waals surface area contributed by atoms with Gasteiger partial charge < -0.3 is 9.84 Å². The molecule has 0 amide bonds. The van der Waals surface area contributed by atoms with Crippen LogP contribution in [0.1, 0.15) is 11.5 Å². The van der Waals surface area contributed by atoms with Crippen LogP contribution in [-0.2, 0) is 19.6 Å². The number of hydrogen-bond acceptors (Lipinski definition) is 5. The molecule has 7 heteroatoms. The van der Waals surface area contributed by atoms with Crippen LogP contribution in [-0.4, -0.2) is 39.4 Å². The van der Waals surface area contributed by atoms with Gasteiger partial charge in [0.2, 0.25) is 10.0 Å². The van der Waals surface area contributed by atoms with E-state index in [2.05, 4.69) is 0 Å². The molecule has 6 nitrogen and oxygen atoms in total. The molecule has 0 aliphatic carbocycles. The molecule has 0 heterocycles. The number of hydrogen-bond donors (Lipinski definition) is 1. The minimum atomic E-state index is -3.78. The van der Waals surface area contributed by atoms with Crippen molar-refractivity contribution in [2.24, 2.45) is 0 Å². The number of carbonyl (C=O) groups is 1. The van der Waals surface area contributed by atoms with Gasteiger partial charge in [0.1, 0.15) is 5.75 Å². The van der Waals surface area contributed by atoms with Gasteiger partial charge in [-0.15, -0.1) is 0 Å². The average molecular weight is 349 g/mol. The second-order valence-electron chi connectivity index (χ2n) is 5.25. The Morgan fingerprint density at radius 3 is 2.25 bits per heavy atom. The molecule has 24 heavy (non-hydrogen) atoms. The minimum Gasteiger partial charge on any atom is -0.508 e. The van der Waals surface area contributed by atoms with Crippen LogP contribution in [0, 0.1) is 0 Å². The summed E-state index contributed by atoms with van der Waals surface area (Å²) in [4.78, 5) is 12.1. The van der Waals surface area contributed by atoms with Gasteiger partial charge in [0.15, 0.2) is 0 Å². The number of rotatable bonds is 6. The van der Waals surface area contributed by atoms with E-state index >= 15 is 0 Å². The monoisotopic (exact) mass is 349 g/mol. The van der Waals surface area contributed by atoms with Crippen molar-refractivity contribution in [3.8, 4) is 5.75 Å². The summed E-state index contributed by atoms with van der Waals surface area (Å²) in [5, 5.41) is 9.31. The third kappa shape index (κ3) is 4.05. The number of nitrogens with zero attached hydrogens (tertiary/aromatic N) is 1. The van der Waals surface area contributed by atoms with Gasteiger partial charge in [-0.2, -0.15) is 0 Å². The molecule has 1 N–H and O–H groups in total. The Hall–Kier alpha value is -2.54. The predicted octanol–water partition coefficient (Wildman–Crippen LogP) is 2.12. The van der Waals surface area contributed by atoms with E-state index in [1.54, 1.807) is 30.3 Å². The van der Waals surface area contributed by atoms with Crippen LogP contribution >= 0.6 is 0 Å². The van der Waals surface area contributed by atoms with E-state index in [0.29, 0.717) is 11.3 Å². The number of methoxy groups -OCH3 is 1. The maximum Gasteiger partial charge on any atom is 0.314 e. The largest absolute Gasteiger partial charge is 0.508 e. The summed E-state index contributed by atoms with van der Waals surface area (Å²) in [5.41, 5.74) is 0.969. The molecule has 1 atom stereocenters. The lowest BCUT2D eigenvalue weighted by Gasteiger charge is -2.22. The fourth-order valence-corrected chi connectivity index (χ4v) is 3.69. The van der Waals surface area contributed by atoms with Crippen LogP contribution in [0.4, 0.5) is 5.69 Å². The van der Waals surface area contributed by atoms with Crippen molar-refractivity contribution in [2.75, 3.05) is 24.2 Å². The highest BCUT2D eigenvalue weighted by Crippen LogP contribution is 2.24. The second-order valence-corrected chi connectivity index (χ2v) is 7.29. The molecule has 0 fully saturated rings. The summed E-state index contributed by atoms with van der Waals surface area (Å²) >= 11 is 0. The number of ether oxygens (including phenoxy) is 1. The molecule has 0 spiro atoms. The van der Waals surface area contributed by atoms with Gasteiger partial charge >= 0.3 is 5.97 Å². The zero-order chi connectivity index (χ0) is 17.7.